The number of nitrogens with zero attached hydrogens (tertiary/aromatic N) is 1. The predicted molar refractivity (Wildman–Crippen MR) is 96.2 cm³/mol. The van der Waals surface area contributed by atoms with Crippen LogP contribution in [-0.4, -0.2) is 37.6 Å². The molecule has 1 aliphatic heterocycles. The van der Waals surface area contributed by atoms with Crippen molar-refractivity contribution in [2.75, 3.05) is 20.7 Å². The zero-order valence-corrected chi connectivity index (χ0v) is 15.3. The highest BCUT2D eigenvalue weighted by atomic mass is 16.5. The fraction of sp³-hybridized carbons (Fsp3) is 0.650. The van der Waals surface area contributed by atoms with Crippen LogP contribution in [0.1, 0.15) is 63.5 Å². The van der Waals surface area contributed by atoms with Crippen molar-refractivity contribution in [3.05, 3.63) is 29.8 Å². The maximum atomic E-state index is 12.2. The number of benzene rings is 1. The van der Waals surface area contributed by atoms with Gasteiger partial charge in [0.15, 0.2) is 0 Å². The van der Waals surface area contributed by atoms with E-state index in [1.807, 2.05) is 24.3 Å². The van der Waals surface area contributed by atoms with Crippen LogP contribution >= 0.6 is 0 Å². The molecule has 24 heavy (non-hydrogen) atoms. The number of likely N-dealkylation sites (tertiary alicyclic amines) is 1. The first-order valence-electron chi connectivity index (χ1n) is 9.17. The molecule has 4 heteroatoms. The van der Waals surface area contributed by atoms with Gasteiger partial charge in [0.25, 0.3) is 0 Å². The fourth-order valence-corrected chi connectivity index (χ4v) is 3.36. The molecular formula is C20H31NO3. The smallest absolute Gasteiger partial charge is 0.306 e. The molecule has 0 saturated carbocycles. The van der Waals surface area contributed by atoms with Crippen molar-refractivity contribution in [1.82, 2.24) is 4.90 Å². The second-order valence-corrected chi connectivity index (χ2v) is 6.72. The minimum atomic E-state index is -0.195. The van der Waals surface area contributed by atoms with E-state index in [1.54, 1.807) is 7.11 Å². The Balaban J connectivity index is 2.06. The molecule has 2 rings (SSSR count). The van der Waals surface area contributed by atoms with Gasteiger partial charge in [-0.1, -0.05) is 31.9 Å². The number of carbonyl (C=O) groups is 1. The first kappa shape index (κ1) is 18.8. The molecular weight excluding hydrogens is 302 g/mol. The van der Waals surface area contributed by atoms with Crippen molar-refractivity contribution in [2.24, 2.45) is 0 Å². The van der Waals surface area contributed by atoms with Crippen molar-refractivity contribution in [2.45, 2.75) is 64.0 Å². The van der Waals surface area contributed by atoms with E-state index < -0.39 is 0 Å². The van der Waals surface area contributed by atoms with Gasteiger partial charge in [-0.25, -0.2) is 0 Å². The van der Waals surface area contributed by atoms with E-state index in [-0.39, 0.29) is 12.1 Å². The van der Waals surface area contributed by atoms with Crippen molar-refractivity contribution in [1.29, 1.82) is 0 Å². The summed E-state index contributed by atoms with van der Waals surface area (Å²) in [6.07, 6.45) is 6.64. The van der Waals surface area contributed by atoms with Crippen LogP contribution in [0, 0.1) is 0 Å². The second kappa shape index (κ2) is 9.67. The summed E-state index contributed by atoms with van der Waals surface area (Å²) in [5, 5.41) is 0. The van der Waals surface area contributed by atoms with Crippen LogP contribution in [0.5, 0.6) is 5.75 Å². The van der Waals surface area contributed by atoms with Crippen LogP contribution in [0.2, 0.25) is 0 Å². The van der Waals surface area contributed by atoms with E-state index in [0.29, 0.717) is 12.5 Å². The molecule has 0 spiro atoms. The Morgan fingerprint density at radius 1 is 1.38 bits per heavy atom. The lowest BCUT2D eigenvalue weighted by molar-refractivity contribution is -0.150. The van der Waals surface area contributed by atoms with Crippen molar-refractivity contribution in [3.63, 3.8) is 0 Å². The molecule has 1 heterocycles. The average Bonchev–Trinajstić information content (AvgIpc) is 2.99. The van der Waals surface area contributed by atoms with E-state index in [9.17, 15) is 4.79 Å². The molecule has 0 bridgehead atoms. The Hall–Kier alpha value is -1.55. The lowest BCUT2D eigenvalue weighted by Crippen LogP contribution is -2.28. The van der Waals surface area contributed by atoms with Gasteiger partial charge in [-0.2, -0.15) is 0 Å². The van der Waals surface area contributed by atoms with Gasteiger partial charge in [0.1, 0.15) is 11.9 Å². The monoisotopic (exact) mass is 333 g/mol. The number of methoxy groups -OCH3 is 1. The van der Waals surface area contributed by atoms with Gasteiger partial charge in [-0.05, 0) is 50.6 Å². The highest BCUT2D eigenvalue weighted by Crippen LogP contribution is 2.31. The van der Waals surface area contributed by atoms with Crippen LogP contribution in [0.25, 0.3) is 0 Å². The molecule has 1 aromatic carbocycles. The number of ether oxygens (including phenoxy) is 2. The number of hydrogen-bond acceptors (Lipinski definition) is 4. The van der Waals surface area contributed by atoms with E-state index in [0.717, 1.165) is 43.5 Å². The van der Waals surface area contributed by atoms with E-state index in [2.05, 4.69) is 18.9 Å². The van der Waals surface area contributed by atoms with Crippen LogP contribution < -0.4 is 4.74 Å². The Kier molecular flexibility index (Phi) is 7.57. The van der Waals surface area contributed by atoms with Crippen molar-refractivity contribution < 1.29 is 14.3 Å². The third-order valence-corrected chi connectivity index (χ3v) is 4.88. The summed E-state index contributed by atoms with van der Waals surface area (Å²) >= 11 is 0. The Bertz CT molecular complexity index is 517. The summed E-state index contributed by atoms with van der Waals surface area (Å²) in [4.78, 5) is 14.6. The van der Waals surface area contributed by atoms with E-state index in [1.165, 1.54) is 12.8 Å². The molecule has 0 N–H and O–H groups in total. The number of hydrogen-bond donors (Lipinski definition) is 0. The molecule has 0 aromatic heterocycles. The van der Waals surface area contributed by atoms with Crippen LogP contribution in [0.15, 0.2) is 24.3 Å². The molecule has 0 aliphatic carbocycles. The van der Waals surface area contributed by atoms with Crippen molar-refractivity contribution >= 4 is 5.97 Å². The minimum absolute atomic E-state index is 0.0862. The molecule has 0 radical (unpaired) electrons. The normalized spacial score (nSPS) is 19.2. The van der Waals surface area contributed by atoms with Gasteiger partial charge in [0.2, 0.25) is 0 Å². The second-order valence-electron chi connectivity index (χ2n) is 6.72. The van der Waals surface area contributed by atoms with Gasteiger partial charge >= 0.3 is 5.97 Å². The molecule has 1 fully saturated rings. The van der Waals surface area contributed by atoms with Gasteiger partial charge < -0.3 is 14.4 Å². The number of carbonyl (C=O) groups excluding carboxylic acids is 1. The lowest BCUT2D eigenvalue weighted by atomic mass is 10.00. The molecule has 2 unspecified atom stereocenters. The molecule has 0 amide bonds. The number of esters is 1. The summed E-state index contributed by atoms with van der Waals surface area (Å²) in [7, 11) is 3.82. The number of unbranched alkanes of at least 4 members (excludes halogenated alkanes) is 2. The fourth-order valence-electron chi connectivity index (χ4n) is 3.36. The van der Waals surface area contributed by atoms with Gasteiger partial charge in [-0.15, -0.1) is 0 Å². The third-order valence-electron chi connectivity index (χ3n) is 4.88. The molecule has 1 saturated heterocycles. The maximum absolute atomic E-state index is 12.2. The highest BCUT2D eigenvalue weighted by molar-refractivity contribution is 5.69. The largest absolute Gasteiger partial charge is 0.497 e. The molecule has 134 valence electrons. The molecule has 1 aromatic rings. The lowest BCUT2D eigenvalue weighted by Gasteiger charge is -2.26. The minimum Gasteiger partial charge on any atom is -0.497 e. The quantitative estimate of drug-likeness (QED) is 0.498. The topological polar surface area (TPSA) is 38.8 Å². The molecule has 1 aliphatic rings. The standard InChI is InChI=1S/C20H31NO3/c1-4-5-6-12-20(22)24-19(15-17-10-8-13-21(17)2)16-9-7-11-18(14-16)23-3/h7,9,11,14,17,19H,4-6,8,10,12-13,15H2,1-3H3. The van der Waals surface area contributed by atoms with Crippen LogP contribution in [0.4, 0.5) is 0 Å². The molecule has 2 atom stereocenters. The Morgan fingerprint density at radius 3 is 2.88 bits per heavy atom. The average molecular weight is 333 g/mol. The Morgan fingerprint density at radius 2 is 2.21 bits per heavy atom. The maximum Gasteiger partial charge on any atom is 0.306 e. The summed E-state index contributed by atoms with van der Waals surface area (Å²) in [6, 6.07) is 8.38. The number of rotatable bonds is 9. The SMILES string of the molecule is CCCCCC(=O)OC(CC1CCCN1C)c1cccc(OC)c1. The van der Waals surface area contributed by atoms with Gasteiger partial charge in [-0.3, -0.25) is 4.79 Å². The van der Waals surface area contributed by atoms with E-state index >= 15 is 0 Å². The van der Waals surface area contributed by atoms with Crippen LogP contribution in [-0.2, 0) is 9.53 Å². The van der Waals surface area contributed by atoms with Crippen molar-refractivity contribution in [3.8, 4) is 5.75 Å². The summed E-state index contributed by atoms with van der Waals surface area (Å²) in [5.74, 6) is 0.719. The Labute approximate surface area is 146 Å². The predicted octanol–water partition coefficient (Wildman–Crippen LogP) is 4.34. The summed E-state index contributed by atoms with van der Waals surface area (Å²) in [6.45, 7) is 3.26. The van der Waals surface area contributed by atoms with E-state index in [4.69, 9.17) is 9.47 Å². The van der Waals surface area contributed by atoms with Gasteiger partial charge in [0, 0.05) is 18.9 Å². The van der Waals surface area contributed by atoms with Crippen LogP contribution in [0.3, 0.4) is 0 Å². The molecule has 4 nitrogen and oxygen atoms in total. The zero-order valence-electron chi connectivity index (χ0n) is 15.3. The third kappa shape index (κ3) is 5.52. The first-order chi connectivity index (χ1) is 11.6. The summed E-state index contributed by atoms with van der Waals surface area (Å²) < 4.78 is 11.2. The first-order valence-corrected chi connectivity index (χ1v) is 9.17. The zero-order chi connectivity index (χ0) is 17.4. The highest BCUT2D eigenvalue weighted by Gasteiger charge is 2.27. The summed E-state index contributed by atoms with van der Waals surface area (Å²) in [5.41, 5.74) is 1.03. The van der Waals surface area contributed by atoms with Gasteiger partial charge in [0.05, 0.1) is 7.11 Å².